The number of aromatic hydroxyl groups is 2. The summed E-state index contributed by atoms with van der Waals surface area (Å²) in [5.74, 6) is 1.81. The minimum Gasteiger partial charge on any atom is -0.508 e. The van der Waals surface area contributed by atoms with Crippen LogP contribution in [0.4, 0.5) is 0 Å². The topological polar surface area (TPSA) is 133 Å². The van der Waals surface area contributed by atoms with E-state index >= 15 is 0 Å². The van der Waals surface area contributed by atoms with Crippen molar-refractivity contribution < 1.29 is 43.5 Å². The van der Waals surface area contributed by atoms with Gasteiger partial charge in [0.1, 0.15) is 40.1 Å². The summed E-state index contributed by atoms with van der Waals surface area (Å²) >= 11 is 0. The molecule has 1 spiro atoms. The van der Waals surface area contributed by atoms with Gasteiger partial charge in [-0.15, -0.1) is 0 Å². The highest BCUT2D eigenvalue weighted by atomic mass is 16.6. The summed E-state index contributed by atoms with van der Waals surface area (Å²) < 4.78 is 30.3. The molecule has 62 heavy (non-hydrogen) atoms. The largest absolute Gasteiger partial charge is 0.508 e. The summed E-state index contributed by atoms with van der Waals surface area (Å²) in [6.45, 7) is 1.13. The number of esters is 1. The van der Waals surface area contributed by atoms with Crippen molar-refractivity contribution in [3.8, 4) is 34.5 Å². The van der Waals surface area contributed by atoms with E-state index in [4.69, 9.17) is 23.7 Å². The van der Waals surface area contributed by atoms with Crippen LogP contribution in [0.1, 0.15) is 94.2 Å². The Labute approximate surface area is 362 Å². The Morgan fingerprint density at radius 3 is 2.02 bits per heavy atom. The van der Waals surface area contributed by atoms with Gasteiger partial charge in [-0.25, -0.2) is 4.79 Å². The van der Waals surface area contributed by atoms with Crippen molar-refractivity contribution in [2.75, 3.05) is 27.4 Å². The van der Waals surface area contributed by atoms with E-state index in [0.717, 1.165) is 53.9 Å². The molecular weight excluding hydrogens is 783 g/mol. The number of carbonyl (C=O) groups is 2. The molecule has 0 fully saturated rings. The summed E-state index contributed by atoms with van der Waals surface area (Å²) in [6, 6.07) is 41.7. The molecule has 6 aromatic rings. The van der Waals surface area contributed by atoms with Gasteiger partial charge in [0, 0.05) is 48.4 Å². The number of aryl methyl sites for hydroxylation is 1. The minimum atomic E-state index is -1.30. The van der Waals surface area contributed by atoms with E-state index in [9.17, 15) is 19.8 Å². The third-order valence-electron chi connectivity index (χ3n) is 11.9. The standard InChI is InChI=1S/C52H51NO9/c1-58-40-25-20-37(21-26-40)51(36-15-6-5-7-16-36,38-22-27-41(59-2)28-23-38)60-31-13-4-3-12-30-53-49(56)19-11-8-14-35-32-45-48(34-46(35)55)61-47-33-39(54)24-29-44(47)52(45)43-18-10-9-17-42(43)50(57)62-52/h5-7,9-10,15-18,20-29,32-34,54-55H,3-4,8,11-14,19,30-31H2,1-2H3,(H,53,56). The average molecular weight is 834 g/mol. The van der Waals surface area contributed by atoms with Crippen molar-refractivity contribution >= 4 is 11.9 Å². The SMILES string of the molecule is COc1ccc(C(OCCCCCCNC(=O)CCCCc2cc3c(cc2O)Oc2cc(O)ccc2C32OC(=O)c3ccccc32)(c2ccccc2)c2ccc(OC)cc2)cc1. The van der Waals surface area contributed by atoms with Gasteiger partial charge >= 0.3 is 5.97 Å². The van der Waals surface area contributed by atoms with Crippen LogP contribution in [0.5, 0.6) is 34.5 Å². The number of rotatable bonds is 18. The van der Waals surface area contributed by atoms with Gasteiger partial charge in [-0.3, -0.25) is 4.79 Å². The van der Waals surface area contributed by atoms with Crippen molar-refractivity contribution in [2.45, 2.75) is 62.6 Å². The molecule has 2 aliphatic rings. The molecule has 10 heteroatoms. The predicted octanol–water partition coefficient (Wildman–Crippen LogP) is 10.1. The molecule has 0 saturated heterocycles. The van der Waals surface area contributed by atoms with E-state index in [1.54, 1.807) is 32.4 Å². The number of phenols is 2. The van der Waals surface area contributed by atoms with Crippen LogP contribution >= 0.6 is 0 Å². The predicted molar refractivity (Wildman–Crippen MR) is 235 cm³/mol. The van der Waals surface area contributed by atoms with Gasteiger partial charge in [-0.05, 0) is 103 Å². The van der Waals surface area contributed by atoms with E-state index in [2.05, 4.69) is 41.7 Å². The van der Waals surface area contributed by atoms with Crippen LogP contribution in [0.25, 0.3) is 0 Å². The minimum absolute atomic E-state index is 0.00342. The lowest BCUT2D eigenvalue weighted by atomic mass is 9.77. The first-order chi connectivity index (χ1) is 30.3. The van der Waals surface area contributed by atoms with Gasteiger partial charge in [-0.2, -0.15) is 0 Å². The zero-order chi connectivity index (χ0) is 43.1. The first-order valence-electron chi connectivity index (χ1n) is 21.2. The fourth-order valence-corrected chi connectivity index (χ4v) is 8.74. The maximum atomic E-state index is 13.2. The Balaban J connectivity index is 0.828. The fourth-order valence-electron chi connectivity index (χ4n) is 8.74. The van der Waals surface area contributed by atoms with Gasteiger partial charge in [0.25, 0.3) is 0 Å². The number of methoxy groups -OCH3 is 2. The molecule has 318 valence electrons. The third kappa shape index (κ3) is 8.18. The Hall–Kier alpha value is -6.78. The fraction of sp³-hybridized carbons (Fsp3) is 0.269. The summed E-state index contributed by atoms with van der Waals surface area (Å²) in [5.41, 5.74) is 3.82. The molecule has 10 nitrogen and oxygen atoms in total. The highest BCUT2D eigenvalue weighted by molar-refractivity contribution is 5.97. The molecule has 0 saturated carbocycles. The molecule has 3 N–H and O–H groups in total. The molecule has 2 aliphatic heterocycles. The molecule has 1 atom stereocenters. The Bertz CT molecular complexity index is 2470. The van der Waals surface area contributed by atoms with E-state index in [1.165, 1.54) is 18.2 Å². The second-order valence-corrected chi connectivity index (χ2v) is 15.7. The van der Waals surface area contributed by atoms with Gasteiger partial charge < -0.3 is 39.2 Å². The average Bonchev–Trinajstić information content (AvgIpc) is 3.59. The second kappa shape index (κ2) is 18.5. The lowest BCUT2D eigenvalue weighted by molar-refractivity contribution is -0.121. The second-order valence-electron chi connectivity index (χ2n) is 15.7. The van der Waals surface area contributed by atoms with Crippen molar-refractivity contribution in [3.05, 3.63) is 178 Å². The number of benzene rings is 6. The molecule has 1 unspecified atom stereocenters. The van der Waals surface area contributed by atoms with Gasteiger partial charge in [0.2, 0.25) is 5.91 Å². The summed E-state index contributed by atoms with van der Waals surface area (Å²) in [4.78, 5) is 26.0. The molecule has 1 amide bonds. The van der Waals surface area contributed by atoms with Crippen LogP contribution in [0.15, 0.2) is 133 Å². The van der Waals surface area contributed by atoms with Crippen LogP contribution in [0.2, 0.25) is 0 Å². The molecule has 2 heterocycles. The Morgan fingerprint density at radius 2 is 1.31 bits per heavy atom. The molecule has 0 radical (unpaired) electrons. The number of fused-ring (bicyclic) bond motifs is 6. The van der Waals surface area contributed by atoms with Crippen LogP contribution in [-0.2, 0) is 31.9 Å². The van der Waals surface area contributed by atoms with Crippen molar-refractivity contribution in [1.82, 2.24) is 5.32 Å². The highest BCUT2D eigenvalue weighted by Crippen LogP contribution is 2.57. The van der Waals surface area contributed by atoms with Crippen molar-refractivity contribution in [2.24, 2.45) is 0 Å². The number of phenolic OH excluding ortho intramolecular Hbond substituents is 2. The summed E-state index contributed by atoms with van der Waals surface area (Å²) in [5, 5.41) is 24.4. The van der Waals surface area contributed by atoms with Crippen LogP contribution < -0.4 is 19.5 Å². The first-order valence-corrected chi connectivity index (χ1v) is 21.2. The molecule has 0 aromatic heterocycles. The molecule has 8 rings (SSSR count). The van der Waals surface area contributed by atoms with Gasteiger partial charge in [-0.1, -0.05) is 85.6 Å². The number of hydrogen-bond acceptors (Lipinski definition) is 9. The third-order valence-corrected chi connectivity index (χ3v) is 11.9. The van der Waals surface area contributed by atoms with Crippen LogP contribution in [0, 0.1) is 0 Å². The maximum absolute atomic E-state index is 13.2. The van der Waals surface area contributed by atoms with Gasteiger partial charge in [0.15, 0.2) is 5.60 Å². The summed E-state index contributed by atoms with van der Waals surface area (Å²) in [6.07, 6.45) is 5.76. The maximum Gasteiger partial charge on any atom is 0.340 e. The quantitative estimate of drug-likeness (QED) is 0.0440. The van der Waals surface area contributed by atoms with E-state index in [0.29, 0.717) is 78.2 Å². The highest BCUT2D eigenvalue weighted by Gasteiger charge is 2.53. The first kappa shape index (κ1) is 41.9. The number of unbranched alkanes of at least 4 members (excludes halogenated alkanes) is 4. The normalized spacial score (nSPS) is 14.9. The number of carbonyl (C=O) groups excluding carboxylic acids is 2. The number of nitrogens with one attached hydrogen (secondary N) is 1. The number of hydrogen-bond donors (Lipinski definition) is 3. The van der Waals surface area contributed by atoms with Gasteiger partial charge in [0.05, 0.1) is 19.8 Å². The number of amides is 1. The smallest absolute Gasteiger partial charge is 0.340 e. The Kier molecular flexibility index (Phi) is 12.5. The molecular formula is C52H51NO9. The summed E-state index contributed by atoms with van der Waals surface area (Å²) in [7, 11) is 3.32. The zero-order valence-electron chi connectivity index (χ0n) is 35.0. The van der Waals surface area contributed by atoms with E-state index in [1.807, 2.05) is 60.7 Å². The zero-order valence-corrected chi connectivity index (χ0v) is 35.0. The Morgan fingerprint density at radius 1 is 0.661 bits per heavy atom. The monoisotopic (exact) mass is 833 g/mol. The van der Waals surface area contributed by atoms with E-state index in [-0.39, 0.29) is 17.4 Å². The number of ether oxygens (including phenoxy) is 5. The van der Waals surface area contributed by atoms with Crippen molar-refractivity contribution in [1.29, 1.82) is 0 Å². The molecule has 0 bridgehead atoms. The molecule has 0 aliphatic carbocycles. The van der Waals surface area contributed by atoms with E-state index < -0.39 is 17.2 Å². The van der Waals surface area contributed by atoms with Crippen LogP contribution in [-0.4, -0.2) is 49.5 Å². The van der Waals surface area contributed by atoms with Crippen molar-refractivity contribution in [3.63, 3.8) is 0 Å². The molecule has 6 aromatic carbocycles. The lowest BCUT2D eigenvalue weighted by Crippen LogP contribution is -2.33. The lowest BCUT2D eigenvalue weighted by Gasteiger charge is -2.37. The van der Waals surface area contributed by atoms with Crippen LogP contribution in [0.3, 0.4) is 0 Å².